The fourth-order valence-corrected chi connectivity index (χ4v) is 4.66. The van der Waals surface area contributed by atoms with Crippen molar-refractivity contribution in [3.05, 3.63) is 42.2 Å². The largest absolute Gasteiger partial charge is 0.384 e. The molecular formula is C23H27N9O3. The number of aromatic nitrogens is 7. The number of rotatable bonds is 5. The first-order chi connectivity index (χ1) is 16.7. The Bertz CT molecular complexity index is 1420. The van der Waals surface area contributed by atoms with Gasteiger partial charge in [-0.3, -0.25) is 14.3 Å². The summed E-state index contributed by atoms with van der Waals surface area (Å²) in [5, 5.41) is 22.7. The van der Waals surface area contributed by atoms with Crippen molar-refractivity contribution in [2.45, 2.75) is 38.7 Å². The number of nitrogens with two attached hydrogens (primary N) is 1. The molecule has 1 saturated heterocycles. The van der Waals surface area contributed by atoms with Crippen molar-refractivity contribution in [2.75, 3.05) is 18.8 Å². The molecule has 0 radical (unpaired) electrons. The van der Waals surface area contributed by atoms with Gasteiger partial charge in [-0.2, -0.15) is 19.8 Å². The molecular weight excluding hydrogens is 450 g/mol. The van der Waals surface area contributed by atoms with Gasteiger partial charge in [0.2, 0.25) is 0 Å². The van der Waals surface area contributed by atoms with Crippen molar-refractivity contribution in [3.63, 3.8) is 0 Å². The van der Waals surface area contributed by atoms with Crippen molar-refractivity contribution in [2.24, 2.45) is 7.05 Å². The van der Waals surface area contributed by atoms with Crippen molar-refractivity contribution < 1.29 is 14.7 Å². The molecule has 5 heterocycles. The second kappa shape index (κ2) is 8.62. The Morgan fingerprint density at radius 1 is 1.11 bits per heavy atom. The molecule has 0 bridgehead atoms. The maximum Gasteiger partial charge on any atom is 0.251 e. The minimum absolute atomic E-state index is 0.0554. The van der Waals surface area contributed by atoms with Crippen LogP contribution in [0.4, 0.5) is 5.82 Å². The molecule has 0 aromatic carbocycles. The van der Waals surface area contributed by atoms with Crippen LogP contribution in [-0.4, -0.2) is 75.0 Å². The summed E-state index contributed by atoms with van der Waals surface area (Å²) < 4.78 is 4.90. The molecule has 35 heavy (non-hydrogen) atoms. The van der Waals surface area contributed by atoms with E-state index < -0.39 is 6.10 Å². The Labute approximate surface area is 201 Å². The lowest BCUT2D eigenvalue weighted by Crippen LogP contribution is -2.42. The standard InChI is InChI=1S/C23H27N9O3/c1-13(33)19-20(15-4-6-30(7-5-15)23(35)14(2)34)28-22-18(10-27-32(22)21(19)24)16-8-26-31(11-16)17-9-25-29(3)12-17/h8-12,14-15,34H,4-7,24H2,1-3H3/t14-/m1/s1. The molecule has 0 aliphatic carbocycles. The van der Waals surface area contributed by atoms with Crippen LogP contribution in [0.3, 0.4) is 0 Å². The number of Topliss-reactive ketones (excluding diaryl/α,β-unsaturated/α-hetero) is 1. The number of carbonyl (C=O) groups is 2. The number of nitrogen functional groups attached to an aromatic ring is 1. The molecule has 1 fully saturated rings. The number of amides is 1. The second-order valence-electron chi connectivity index (χ2n) is 8.93. The number of ketones is 1. The third-order valence-electron chi connectivity index (χ3n) is 6.46. The first-order valence-electron chi connectivity index (χ1n) is 11.4. The second-order valence-corrected chi connectivity index (χ2v) is 8.93. The smallest absolute Gasteiger partial charge is 0.251 e. The fraction of sp³-hybridized carbons (Fsp3) is 0.391. The summed E-state index contributed by atoms with van der Waals surface area (Å²) in [6.07, 6.45) is 9.02. The summed E-state index contributed by atoms with van der Waals surface area (Å²) >= 11 is 0. The highest BCUT2D eigenvalue weighted by atomic mass is 16.3. The average molecular weight is 478 g/mol. The van der Waals surface area contributed by atoms with Crippen LogP contribution in [0, 0.1) is 0 Å². The number of hydrogen-bond donors (Lipinski definition) is 2. The Morgan fingerprint density at radius 2 is 1.86 bits per heavy atom. The summed E-state index contributed by atoms with van der Waals surface area (Å²) in [5.74, 6) is -0.288. The normalized spacial score (nSPS) is 15.6. The number of nitrogens with zero attached hydrogens (tertiary/aromatic N) is 8. The number of carbonyl (C=O) groups excluding carboxylic acids is 2. The monoisotopic (exact) mass is 477 g/mol. The lowest BCUT2D eigenvalue weighted by Gasteiger charge is -2.33. The average Bonchev–Trinajstić information content (AvgIpc) is 3.57. The van der Waals surface area contributed by atoms with Gasteiger partial charge >= 0.3 is 0 Å². The van der Waals surface area contributed by atoms with E-state index in [9.17, 15) is 14.7 Å². The summed E-state index contributed by atoms with van der Waals surface area (Å²) in [6.45, 7) is 3.89. The van der Waals surface area contributed by atoms with Gasteiger partial charge in [0.15, 0.2) is 11.4 Å². The number of aliphatic hydroxyl groups is 1. The molecule has 12 heteroatoms. The van der Waals surface area contributed by atoms with Gasteiger partial charge in [-0.25, -0.2) is 9.67 Å². The van der Waals surface area contributed by atoms with Crippen molar-refractivity contribution in [3.8, 4) is 16.8 Å². The predicted octanol–water partition coefficient (Wildman–Crippen LogP) is 1.19. The topological polar surface area (TPSA) is 149 Å². The molecule has 0 spiro atoms. The molecule has 4 aromatic heterocycles. The SMILES string of the molecule is CC(=O)c1c(C2CCN(C(=O)[C@@H](C)O)CC2)nc2c(-c3cnn(-c4cnn(C)c4)c3)cnn2c1N. The van der Waals surface area contributed by atoms with E-state index in [1.165, 1.54) is 18.4 Å². The zero-order chi connectivity index (χ0) is 24.9. The highest BCUT2D eigenvalue weighted by molar-refractivity contribution is 6.00. The third-order valence-corrected chi connectivity index (χ3v) is 6.46. The number of aryl methyl sites for hydroxylation is 1. The molecule has 0 saturated carbocycles. The molecule has 5 rings (SSSR count). The van der Waals surface area contributed by atoms with Crippen LogP contribution in [0.1, 0.15) is 48.7 Å². The molecule has 3 N–H and O–H groups in total. The number of anilines is 1. The van der Waals surface area contributed by atoms with Crippen LogP contribution in [0.5, 0.6) is 0 Å². The van der Waals surface area contributed by atoms with E-state index >= 15 is 0 Å². The van der Waals surface area contributed by atoms with E-state index in [1.54, 1.807) is 32.9 Å². The summed E-state index contributed by atoms with van der Waals surface area (Å²) in [6, 6.07) is 0. The third kappa shape index (κ3) is 3.95. The molecule has 1 amide bonds. The molecule has 12 nitrogen and oxygen atoms in total. The van der Waals surface area contributed by atoms with E-state index in [0.29, 0.717) is 42.8 Å². The van der Waals surface area contributed by atoms with Crippen LogP contribution in [-0.2, 0) is 11.8 Å². The van der Waals surface area contributed by atoms with E-state index in [2.05, 4.69) is 15.3 Å². The van der Waals surface area contributed by atoms with E-state index in [0.717, 1.165) is 16.8 Å². The molecule has 4 aromatic rings. The maximum absolute atomic E-state index is 12.6. The van der Waals surface area contributed by atoms with Gasteiger partial charge in [0.1, 0.15) is 17.6 Å². The van der Waals surface area contributed by atoms with Gasteiger partial charge in [0.25, 0.3) is 5.91 Å². The quantitative estimate of drug-likeness (QED) is 0.407. The Hall–Kier alpha value is -4.06. The summed E-state index contributed by atoms with van der Waals surface area (Å²) in [7, 11) is 1.84. The molecule has 182 valence electrons. The molecule has 1 aliphatic heterocycles. The molecule has 1 atom stereocenters. The number of hydrogen-bond acceptors (Lipinski definition) is 8. The minimum atomic E-state index is -1.04. The van der Waals surface area contributed by atoms with Gasteiger partial charge in [-0.15, -0.1) is 0 Å². The van der Waals surface area contributed by atoms with Crippen LogP contribution in [0.25, 0.3) is 22.5 Å². The Balaban J connectivity index is 1.54. The van der Waals surface area contributed by atoms with Gasteiger partial charge < -0.3 is 15.7 Å². The molecule has 1 aliphatic rings. The highest BCUT2D eigenvalue weighted by Crippen LogP contribution is 2.34. The number of fused-ring (bicyclic) bond motifs is 1. The van der Waals surface area contributed by atoms with E-state index in [-0.39, 0.29) is 23.4 Å². The van der Waals surface area contributed by atoms with Crippen molar-refractivity contribution in [1.29, 1.82) is 0 Å². The first kappa shape index (κ1) is 22.7. The lowest BCUT2D eigenvalue weighted by molar-refractivity contribution is -0.140. The Morgan fingerprint density at radius 3 is 2.49 bits per heavy atom. The van der Waals surface area contributed by atoms with Crippen LogP contribution >= 0.6 is 0 Å². The number of aliphatic hydroxyl groups excluding tert-OH is 1. The zero-order valence-electron chi connectivity index (χ0n) is 19.8. The highest BCUT2D eigenvalue weighted by Gasteiger charge is 2.31. The molecule has 0 unspecified atom stereocenters. The van der Waals surface area contributed by atoms with Crippen molar-refractivity contribution >= 4 is 23.2 Å². The summed E-state index contributed by atoms with van der Waals surface area (Å²) in [5.41, 5.74) is 10.3. The fourth-order valence-electron chi connectivity index (χ4n) is 4.66. The van der Waals surface area contributed by atoms with Crippen LogP contribution < -0.4 is 5.73 Å². The van der Waals surface area contributed by atoms with E-state index in [4.69, 9.17) is 10.7 Å². The van der Waals surface area contributed by atoms with Gasteiger partial charge in [0, 0.05) is 43.4 Å². The lowest BCUT2D eigenvalue weighted by atomic mass is 9.89. The number of likely N-dealkylation sites (tertiary alicyclic amines) is 1. The maximum atomic E-state index is 12.6. The van der Waals surface area contributed by atoms with Gasteiger partial charge in [-0.05, 0) is 26.7 Å². The van der Waals surface area contributed by atoms with Crippen LogP contribution in [0.2, 0.25) is 0 Å². The van der Waals surface area contributed by atoms with Gasteiger partial charge in [-0.1, -0.05) is 0 Å². The summed E-state index contributed by atoms with van der Waals surface area (Å²) in [4.78, 5) is 31.3. The Kier molecular flexibility index (Phi) is 5.59. The van der Waals surface area contributed by atoms with Crippen molar-refractivity contribution in [1.82, 2.24) is 39.1 Å². The number of piperidine rings is 1. The van der Waals surface area contributed by atoms with Crippen LogP contribution in [0.15, 0.2) is 31.0 Å². The van der Waals surface area contributed by atoms with Gasteiger partial charge in [0.05, 0.1) is 36.0 Å². The zero-order valence-corrected chi connectivity index (χ0v) is 19.8. The predicted molar refractivity (Wildman–Crippen MR) is 127 cm³/mol. The minimum Gasteiger partial charge on any atom is -0.384 e. The first-order valence-corrected chi connectivity index (χ1v) is 11.4. The van der Waals surface area contributed by atoms with E-state index in [1.807, 2.05) is 19.4 Å².